The van der Waals surface area contributed by atoms with Gasteiger partial charge in [0, 0.05) is 12.7 Å². The molecule has 18 heavy (non-hydrogen) atoms. The van der Waals surface area contributed by atoms with Gasteiger partial charge in [-0.1, -0.05) is 5.21 Å². The highest BCUT2D eigenvalue weighted by atomic mass is 16.4. The molecule has 0 aliphatic heterocycles. The maximum atomic E-state index is 10.6. The van der Waals surface area contributed by atoms with E-state index in [0.717, 1.165) is 19.5 Å². The van der Waals surface area contributed by atoms with Crippen LogP contribution in [0.5, 0.6) is 0 Å². The van der Waals surface area contributed by atoms with Crippen LogP contribution in [0.3, 0.4) is 0 Å². The standard InChI is InChI=1S/C11H14N4O3/c16-11(17)10-3-2-9(18-10)8-12-4-1-6-15-7-5-13-14-15/h2-3,5,7,12H,1,4,6,8H2,(H,16,17). The lowest BCUT2D eigenvalue weighted by Crippen LogP contribution is -2.16. The minimum absolute atomic E-state index is 0.0329. The lowest BCUT2D eigenvalue weighted by Gasteiger charge is -2.02. The number of aryl methyl sites for hydroxylation is 1. The van der Waals surface area contributed by atoms with E-state index >= 15 is 0 Å². The van der Waals surface area contributed by atoms with Crippen molar-refractivity contribution in [1.82, 2.24) is 20.3 Å². The fraction of sp³-hybridized carbons (Fsp3) is 0.364. The van der Waals surface area contributed by atoms with Crippen molar-refractivity contribution in [3.05, 3.63) is 36.0 Å². The van der Waals surface area contributed by atoms with Crippen molar-refractivity contribution in [3.8, 4) is 0 Å². The molecule has 0 radical (unpaired) electrons. The van der Waals surface area contributed by atoms with Crippen molar-refractivity contribution in [2.45, 2.75) is 19.5 Å². The molecule has 2 rings (SSSR count). The highest BCUT2D eigenvalue weighted by molar-refractivity contribution is 5.84. The van der Waals surface area contributed by atoms with Crippen LogP contribution in [0.2, 0.25) is 0 Å². The first-order valence-corrected chi connectivity index (χ1v) is 5.62. The third-order valence-corrected chi connectivity index (χ3v) is 2.38. The van der Waals surface area contributed by atoms with Crippen molar-refractivity contribution in [3.63, 3.8) is 0 Å². The van der Waals surface area contributed by atoms with E-state index in [4.69, 9.17) is 9.52 Å². The molecule has 0 fully saturated rings. The lowest BCUT2D eigenvalue weighted by molar-refractivity contribution is 0.0660. The number of aromatic nitrogens is 3. The van der Waals surface area contributed by atoms with E-state index in [2.05, 4.69) is 15.6 Å². The molecule has 0 amide bonds. The van der Waals surface area contributed by atoms with Crippen LogP contribution in [-0.2, 0) is 13.1 Å². The second-order valence-corrected chi connectivity index (χ2v) is 3.77. The summed E-state index contributed by atoms with van der Waals surface area (Å²) in [4.78, 5) is 10.6. The van der Waals surface area contributed by atoms with Gasteiger partial charge in [-0.05, 0) is 25.1 Å². The molecule has 0 aromatic carbocycles. The van der Waals surface area contributed by atoms with Crippen LogP contribution < -0.4 is 5.32 Å². The van der Waals surface area contributed by atoms with Crippen LogP contribution in [0, 0.1) is 0 Å². The third kappa shape index (κ3) is 3.42. The summed E-state index contributed by atoms with van der Waals surface area (Å²) in [5.74, 6) is -0.463. The largest absolute Gasteiger partial charge is 0.475 e. The van der Waals surface area contributed by atoms with Crippen molar-refractivity contribution in [2.24, 2.45) is 0 Å². The molecule has 0 saturated heterocycles. The summed E-state index contributed by atoms with van der Waals surface area (Å²) in [5.41, 5.74) is 0. The second kappa shape index (κ2) is 5.97. The molecule has 0 aliphatic rings. The molecule has 0 saturated carbocycles. The van der Waals surface area contributed by atoms with Gasteiger partial charge < -0.3 is 14.8 Å². The summed E-state index contributed by atoms with van der Waals surface area (Å²) in [6, 6.07) is 3.11. The van der Waals surface area contributed by atoms with Gasteiger partial charge in [-0.15, -0.1) is 5.10 Å². The number of rotatable bonds is 7. The van der Waals surface area contributed by atoms with Crippen molar-refractivity contribution >= 4 is 5.97 Å². The van der Waals surface area contributed by atoms with Gasteiger partial charge in [0.15, 0.2) is 0 Å². The average molecular weight is 250 g/mol. The zero-order valence-corrected chi connectivity index (χ0v) is 9.74. The summed E-state index contributed by atoms with van der Waals surface area (Å²) in [7, 11) is 0. The minimum Gasteiger partial charge on any atom is -0.475 e. The van der Waals surface area contributed by atoms with Crippen LogP contribution in [0.1, 0.15) is 22.7 Å². The Balaban J connectivity index is 1.64. The molecule has 0 aliphatic carbocycles. The van der Waals surface area contributed by atoms with Crippen LogP contribution in [0.4, 0.5) is 0 Å². The number of carbonyl (C=O) groups is 1. The second-order valence-electron chi connectivity index (χ2n) is 3.77. The molecule has 7 heteroatoms. The summed E-state index contributed by atoms with van der Waals surface area (Å²) < 4.78 is 6.87. The van der Waals surface area contributed by atoms with Crippen molar-refractivity contribution in [2.75, 3.05) is 6.54 Å². The quantitative estimate of drug-likeness (QED) is 0.704. The molecule has 2 aromatic rings. The van der Waals surface area contributed by atoms with E-state index in [1.54, 1.807) is 16.9 Å². The normalized spacial score (nSPS) is 10.7. The van der Waals surface area contributed by atoms with Crippen LogP contribution in [0.15, 0.2) is 28.9 Å². The number of aromatic carboxylic acids is 1. The maximum Gasteiger partial charge on any atom is 0.371 e. The van der Waals surface area contributed by atoms with E-state index in [1.807, 2.05) is 6.20 Å². The Morgan fingerprint density at radius 3 is 3.06 bits per heavy atom. The number of carboxylic acids is 1. The van der Waals surface area contributed by atoms with E-state index < -0.39 is 5.97 Å². The van der Waals surface area contributed by atoms with Gasteiger partial charge in [-0.2, -0.15) is 0 Å². The first-order chi connectivity index (χ1) is 8.75. The van der Waals surface area contributed by atoms with Gasteiger partial charge in [0.1, 0.15) is 5.76 Å². The Labute approximate surface area is 103 Å². The molecule has 2 heterocycles. The zero-order valence-electron chi connectivity index (χ0n) is 9.74. The summed E-state index contributed by atoms with van der Waals surface area (Å²) >= 11 is 0. The van der Waals surface area contributed by atoms with Gasteiger partial charge in [-0.3, -0.25) is 4.68 Å². The monoisotopic (exact) mass is 250 g/mol. The van der Waals surface area contributed by atoms with Crippen LogP contribution in [-0.4, -0.2) is 32.6 Å². The molecular formula is C11H14N4O3. The fourth-order valence-electron chi connectivity index (χ4n) is 1.52. The van der Waals surface area contributed by atoms with Gasteiger partial charge in [0.25, 0.3) is 0 Å². The highest BCUT2D eigenvalue weighted by Gasteiger charge is 2.07. The first-order valence-electron chi connectivity index (χ1n) is 5.62. The maximum absolute atomic E-state index is 10.6. The summed E-state index contributed by atoms with van der Waals surface area (Å²) in [6.07, 6.45) is 4.37. The molecule has 7 nitrogen and oxygen atoms in total. The molecule has 0 unspecified atom stereocenters. The lowest BCUT2D eigenvalue weighted by atomic mass is 10.4. The zero-order chi connectivity index (χ0) is 12.8. The Morgan fingerprint density at radius 2 is 2.39 bits per heavy atom. The molecule has 96 valence electrons. The van der Waals surface area contributed by atoms with Crippen molar-refractivity contribution < 1.29 is 14.3 Å². The average Bonchev–Trinajstić information content (AvgIpc) is 2.98. The minimum atomic E-state index is -1.05. The number of nitrogens with zero attached hydrogens (tertiary/aromatic N) is 3. The molecule has 0 bridgehead atoms. The van der Waals surface area contributed by atoms with E-state index in [-0.39, 0.29) is 5.76 Å². The van der Waals surface area contributed by atoms with Crippen LogP contribution >= 0.6 is 0 Å². The van der Waals surface area contributed by atoms with E-state index in [1.165, 1.54) is 6.07 Å². The van der Waals surface area contributed by atoms with Gasteiger partial charge in [-0.25, -0.2) is 4.79 Å². The van der Waals surface area contributed by atoms with Crippen molar-refractivity contribution in [1.29, 1.82) is 0 Å². The number of furan rings is 1. The molecule has 2 aromatic heterocycles. The smallest absolute Gasteiger partial charge is 0.371 e. The molecule has 0 spiro atoms. The number of nitrogens with one attached hydrogen (secondary N) is 1. The van der Waals surface area contributed by atoms with Gasteiger partial charge in [0.05, 0.1) is 12.7 Å². The number of hydrogen-bond acceptors (Lipinski definition) is 5. The predicted molar refractivity (Wildman–Crippen MR) is 62.0 cm³/mol. The predicted octanol–water partition coefficient (Wildman–Crippen LogP) is 0.749. The SMILES string of the molecule is O=C(O)c1ccc(CNCCCn2ccnn2)o1. The Morgan fingerprint density at radius 1 is 1.50 bits per heavy atom. The van der Waals surface area contributed by atoms with E-state index in [9.17, 15) is 4.79 Å². The van der Waals surface area contributed by atoms with Gasteiger partial charge >= 0.3 is 5.97 Å². The number of carboxylic acid groups (broad SMARTS) is 1. The topological polar surface area (TPSA) is 93.2 Å². The summed E-state index contributed by atoms with van der Waals surface area (Å²) in [6.45, 7) is 2.11. The number of hydrogen-bond donors (Lipinski definition) is 2. The van der Waals surface area contributed by atoms with E-state index in [0.29, 0.717) is 12.3 Å². The Hall–Kier alpha value is -2.15. The molecular weight excluding hydrogens is 236 g/mol. The Kier molecular flexibility index (Phi) is 4.08. The Bertz CT molecular complexity index is 492. The third-order valence-electron chi connectivity index (χ3n) is 2.38. The fourth-order valence-corrected chi connectivity index (χ4v) is 1.52. The molecule has 2 N–H and O–H groups in total. The van der Waals surface area contributed by atoms with Crippen LogP contribution in [0.25, 0.3) is 0 Å². The molecule has 0 atom stereocenters. The first kappa shape index (κ1) is 12.3. The highest BCUT2D eigenvalue weighted by Crippen LogP contribution is 2.07. The van der Waals surface area contributed by atoms with Gasteiger partial charge in [0.2, 0.25) is 5.76 Å². The summed E-state index contributed by atoms with van der Waals surface area (Å²) in [5, 5.41) is 19.4.